The Morgan fingerprint density at radius 3 is 2.52 bits per heavy atom. The molecule has 1 amide bonds. The summed E-state index contributed by atoms with van der Waals surface area (Å²) in [5, 5.41) is 35.8. The number of rotatable bonds is 10. The first kappa shape index (κ1) is 28.9. The fourth-order valence-corrected chi connectivity index (χ4v) is 5.99. The average Bonchev–Trinajstić information content (AvgIpc) is 3.80. The van der Waals surface area contributed by atoms with E-state index in [9.17, 15) is 20.1 Å². The molecule has 1 heterocycles. The van der Waals surface area contributed by atoms with E-state index in [1.165, 1.54) is 11.8 Å². The number of nitrogens with one attached hydrogen (secondary N) is 1. The van der Waals surface area contributed by atoms with E-state index in [-0.39, 0.29) is 11.8 Å². The second-order valence-corrected chi connectivity index (χ2v) is 11.8. The summed E-state index contributed by atoms with van der Waals surface area (Å²) < 4.78 is 11.7. The van der Waals surface area contributed by atoms with Crippen molar-refractivity contribution < 1.29 is 29.6 Å². The maximum absolute atomic E-state index is 12.1. The van der Waals surface area contributed by atoms with Crippen molar-refractivity contribution in [2.45, 2.75) is 61.6 Å². The van der Waals surface area contributed by atoms with Crippen LogP contribution in [0, 0.1) is 5.92 Å². The summed E-state index contributed by atoms with van der Waals surface area (Å²) in [5.74, 6) is 1.30. The number of hydrogen-bond acceptors (Lipinski definition) is 7. The lowest BCUT2D eigenvalue weighted by Gasteiger charge is -2.41. The van der Waals surface area contributed by atoms with E-state index >= 15 is 0 Å². The Labute approximate surface area is 243 Å². The quantitative estimate of drug-likeness (QED) is 0.249. The third-order valence-electron chi connectivity index (χ3n) is 7.20. The topological polar surface area (TPSA) is 108 Å². The van der Waals surface area contributed by atoms with Gasteiger partial charge in [0.05, 0.1) is 12.7 Å². The first-order chi connectivity index (χ1) is 19.3. The minimum Gasteiger partial charge on any atom is -0.494 e. The molecule has 3 aromatic rings. The third-order valence-corrected chi connectivity index (χ3v) is 8.65. The lowest BCUT2D eigenvalue weighted by molar-refractivity contribution is -0.218. The first-order valence-electron chi connectivity index (χ1n) is 13.6. The average molecular weight is 584 g/mol. The van der Waals surface area contributed by atoms with Crippen LogP contribution < -0.4 is 10.1 Å². The third kappa shape index (κ3) is 7.00. The molecule has 1 aliphatic heterocycles. The van der Waals surface area contributed by atoms with Crippen LogP contribution in [0.2, 0.25) is 5.02 Å². The highest BCUT2D eigenvalue weighted by atomic mass is 35.5. The summed E-state index contributed by atoms with van der Waals surface area (Å²) in [6.45, 7) is 2.54. The largest absolute Gasteiger partial charge is 0.494 e. The summed E-state index contributed by atoms with van der Waals surface area (Å²) in [6.07, 6.45) is -3.08. The smallest absolute Gasteiger partial charge is 0.227 e. The number of halogens is 1. The van der Waals surface area contributed by atoms with Crippen molar-refractivity contribution in [1.29, 1.82) is 0 Å². The Kier molecular flexibility index (Phi) is 9.35. The second kappa shape index (κ2) is 12.9. The summed E-state index contributed by atoms with van der Waals surface area (Å²) in [6, 6.07) is 20.7. The maximum Gasteiger partial charge on any atom is 0.227 e. The molecule has 40 heavy (non-hydrogen) atoms. The monoisotopic (exact) mass is 583 g/mol. The Morgan fingerprint density at radius 1 is 1.02 bits per heavy atom. The fourth-order valence-electron chi connectivity index (χ4n) is 4.79. The van der Waals surface area contributed by atoms with Crippen molar-refractivity contribution in [2.75, 3.05) is 17.7 Å². The number of aliphatic hydroxyl groups excluding tert-OH is 3. The van der Waals surface area contributed by atoms with Crippen LogP contribution in [0.5, 0.6) is 5.75 Å². The van der Waals surface area contributed by atoms with Gasteiger partial charge in [0.25, 0.3) is 0 Å². The van der Waals surface area contributed by atoms with Crippen LogP contribution in [-0.4, -0.2) is 58.0 Å². The summed E-state index contributed by atoms with van der Waals surface area (Å²) in [5.41, 5.74) is 3.30. The summed E-state index contributed by atoms with van der Waals surface area (Å²) in [7, 11) is 0. The van der Waals surface area contributed by atoms with Crippen LogP contribution in [0.4, 0.5) is 5.69 Å². The second-order valence-electron chi connectivity index (χ2n) is 10.3. The molecule has 0 radical (unpaired) electrons. The first-order valence-corrected chi connectivity index (χ1v) is 14.9. The molecule has 0 unspecified atom stereocenters. The number of anilines is 1. The number of ether oxygens (including phenoxy) is 2. The maximum atomic E-state index is 12.1. The number of benzene rings is 3. The van der Waals surface area contributed by atoms with Gasteiger partial charge in [0.1, 0.15) is 30.2 Å². The fraction of sp³-hybridized carbons (Fsp3) is 0.387. The van der Waals surface area contributed by atoms with Crippen LogP contribution in [-0.2, 0) is 16.0 Å². The highest BCUT2D eigenvalue weighted by molar-refractivity contribution is 7.99. The molecule has 1 saturated heterocycles. The van der Waals surface area contributed by atoms with E-state index in [0.29, 0.717) is 29.4 Å². The van der Waals surface area contributed by atoms with Crippen LogP contribution in [0.25, 0.3) is 0 Å². The lowest BCUT2D eigenvalue weighted by atomic mass is 9.90. The van der Waals surface area contributed by atoms with Gasteiger partial charge in [-0.3, -0.25) is 4.79 Å². The van der Waals surface area contributed by atoms with E-state index in [2.05, 4.69) is 5.32 Å². The minimum atomic E-state index is -1.38. The van der Waals surface area contributed by atoms with Crippen molar-refractivity contribution in [3.63, 3.8) is 0 Å². The molecule has 0 bridgehead atoms. The van der Waals surface area contributed by atoms with Crippen molar-refractivity contribution in [3.05, 3.63) is 88.4 Å². The van der Waals surface area contributed by atoms with Crippen LogP contribution >= 0.6 is 23.4 Å². The van der Waals surface area contributed by atoms with Gasteiger partial charge < -0.3 is 30.1 Å². The molecular weight excluding hydrogens is 550 g/mol. The summed E-state index contributed by atoms with van der Waals surface area (Å²) in [4.78, 5) is 13.0. The SMILES string of the molecule is CCOc1ccc(Cc2cc([C@@H]3O[C@H](CSc4cccc(NC(=O)C5CC5)c4)[C@@H](O)[C@H](O)[C@H]3O)ccc2Cl)cc1. The number of hydrogen-bond donors (Lipinski definition) is 4. The van der Waals surface area contributed by atoms with Gasteiger partial charge in [0.2, 0.25) is 5.91 Å². The molecule has 9 heteroatoms. The van der Waals surface area contributed by atoms with Crippen molar-refractivity contribution in [2.24, 2.45) is 5.92 Å². The molecule has 4 N–H and O–H groups in total. The highest BCUT2D eigenvalue weighted by Gasteiger charge is 2.44. The zero-order valence-electron chi connectivity index (χ0n) is 22.2. The van der Waals surface area contributed by atoms with E-state index in [1.54, 1.807) is 12.1 Å². The number of carbonyl (C=O) groups excluding carboxylic acids is 1. The van der Waals surface area contributed by atoms with Gasteiger partial charge in [0, 0.05) is 27.3 Å². The zero-order valence-corrected chi connectivity index (χ0v) is 23.8. The van der Waals surface area contributed by atoms with E-state index in [0.717, 1.165) is 40.3 Å². The molecule has 2 aliphatic rings. The predicted octanol–water partition coefficient (Wildman–Crippen LogP) is 4.99. The molecule has 7 nitrogen and oxygen atoms in total. The van der Waals surface area contributed by atoms with Crippen molar-refractivity contribution in [1.82, 2.24) is 0 Å². The zero-order chi connectivity index (χ0) is 28.2. The Hall–Kier alpha value is -2.59. The molecule has 5 atom stereocenters. The van der Waals surface area contributed by atoms with Gasteiger partial charge in [-0.05, 0) is 79.3 Å². The van der Waals surface area contributed by atoms with Crippen LogP contribution in [0.1, 0.15) is 42.6 Å². The van der Waals surface area contributed by atoms with E-state index in [1.807, 2.05) is 61.5 Å². The Morgan fingerprint density at radius 2 is 1.80 bits per heavy atom. The number of amides is 1. The standard InChI is InChI=1S/C31H34ClNO6S/c1-2-38-23-11-6-18(7-12-23)14-21-15-20(10-13-25(21)32)30-29(36)28(35)27(34)26(39-30)17-40-24-5-3-4-22(16-24)33-31(37)19-8-9-19/h3-7,10-13,15-16,19,26-30,34-36H,2,8-9,14,17H2,1H3,(H,33,37)/t26-,27-,28+,29-,30+/m1/s1. The van der Waals surface area contributed by atoms with Gasteiger partial charge in [-0.15, -0.1) is 11.8 Å². The lowest BCUT2D eigenvalue weighted by Crippen LogP contribution is -2.54. The van der Waals surface area contributed by atoms with Gasteiger partial charge in [0.15, 0.2) is 0 Å². The molecule has 5 rings (SSSR count). The molecule has 0 spiro atoms. The molecule has 3 aromatic carbocycles. The van der Waals surface area contributed by atoms with Crippen LogP contribution in [0.3, 0.4) is 0 Å². The normalized spacial score (nSPS) is 24.5. The van der Waals surface area contributed by atoms with Crippen LogP contribution in [0.15, 0.2) is 71.6 Å². The van der Waals surface area contributed by atoms with Crippen molar-refractivity contribution >= 4 is 35.0 Å². The predicted molar refractivity (Wildman–Crippen MR) is 156 cm³/mol. The van der Waals surface area contributed by atoms with E-state index < -0.39 is 30.5 Å². The number of aliphatic hydroxyl groups is 3. The molecule has 1 aliphatic carbocycles. The minimum absolute atomic E-state index is 0.0398. The molecule has 1 saturated carbocycles. The van der Waals surface area contributed by atoms with Gasteiger partial charge in [-0.2, -0.15) is 0 Å². The van der Waals surface area contributed by atoms with E-state index in [4.69, 9.17) is 21.1 Å². The molecular formula is C31H34ClNO6S. The molecule has 212 valence electrons. The van der Waals surface area contributed by atoms with Gasteiger partial charge >= 0.3 is 0 Å². The highest BCUT2D eigenvalue weighted by Crippen LogP contribution is 2.37. The number of carbonyl (C=O) groups is 1. The molecule has 2 fully saturated rings. The summed E-state index contributed by atoms with van der Waals surface area (Å²) >= 11 is 7.97. The van der Waals surface area contributed by atoms with Gasteiger partial charge in [-0.25, -0.2) is 0 Å². The van der Waals surface area contributed by atoms with Gasteiger partial charge in [-0.1, -0.05) is 41.9 Å². The Bertz CT molecular complexity index is 1320. The van der Waals surface area contributed by atoms with Crippen molar-refractivity contribution in [3.8, 4) is 5.75 Å². The number of thioether (sulfide) groups is 1. The Balaban J connectivity index is 1.27. The molecule has 0 aromatic heterocycles.